The number of carbonyl (C=O) groups excluding carboxylic acids is 1. The molecule has 1 aromatic carbocycles. The van der Waals surface area contributed by atoms with Crippen molar-refractivity contribution in [1.29, 1.82) is 0 Å². The van der Waals surface area contributed by atoms with E-state index >= 15 is 0 Å². The summed E-state index contributed by atoms with van der Waals surface area (Å²) in [7, 11) is 1.86. The molecular weight excluding hydrogens is 326 g/mol. The largest absolute Gasteiger partial charge is 0.315 e. The SMILES string of the molecule is CN1C(=O)Cc2cc(C(Br)CCC3CCCCC3)ccc21. The van der Waals surface area contributed by atoms with E-state index in [9.17, 15) is 4.79 Å². The van der Waals surface area contributed by atoms with Crippen molar-refractivity contribution in [1.82, 2.24) is 0 Å². The number of amides is 1. The highest BCUT2D eigenvalue weighted by Gasteiger charge is 2.25. The Morgan fingerprint density at radius 1 is 1.29 bits per heavy atom. The first-order valence-electron chi connectivity index (χ1n) is 8.18. The molecule has 1 aliphatic carbocycles. The Kier molecular flexibility index (Phi) is 4.68. The summed E-state index contributed by atoms with van der Waals surface area (Å²) in [5.41, 5.74) is 3.59. The van der Waals surface area contributed by atoms with Crippen molar-refractivity contribution in [2.45, 2.75) is 56.2 Å². The van der Waals surface area contributed by atoms with Gasteiger partial charge in [-0.1, -0.05) is 60.2 Å². The number of likely N-dealkylation sites (N-methyl/N-ethyl adjacent to an activating group) is 1. The van der Waals surface area contributed by atoms with Crippen molar-refractivity contribution >= 4 is 27.5 Å². The fourth-order valence-electron chi connectivity index (χ4n) is 3.71. The van der Waals surface area contributed by atoms with Gasteiger partial charge in [-0.3, -0.25) is 4.79 Å². The predicted molar refractivity (Wildman–Crippen MR) is 91.0 cm³/mol. The van der Waals surface area contributed by atoms with Crippen LogP contribution in [0.1, 0.15) is 60.9 Å². The Bertz CT molecular complexity index is 522. The Morgan fingerprint density at radius 3 is 2.81 bits per heavy atom. The van der Waals surface area contributed by atoms with Gasteiger partial charge in [0.25, 0.3) is 0 Å². The van der Waals surface area contributed by atoms with Crippen molar-refractivity contribution in [3.8, 4) is 0 Å². The summed E-state index contributed by atoms with van der Waals surface area (Å²) < 4.78 is 0. The van der Waals surface area contributed by atoms with Crippen molar-refractivity contribution in [2.75, 3.05) is 11.9 Å². The number of halogens is 1. The molecule has 2 aliphatic rings. The summed E-state index contributed by atoms with van der Waals surface area (Å²) in [5.74, 6) is 1.14. The number of hydrogen-bond donors (Lipinski definition) is 0. The highest BCUT2D eigenvalue weighted by atomic mass is 79.9. The minimum Gasteiger partial charge on any atom is -0.315 e. The number of fused-ring (bicyclic) bond motifs is 1. The van der Waals surface area contributed by atoms with Crippen LogP contribution in [0.5, 0.6) is 0 Å². The Morgan fingerprint density at radius 2 is 2.05 bits per heavy atom. The highest BCUT2D eigenvalue weighted by molar-refractivity contribution is 9.09. The van der Waals surface area contributed by atoms with Crippen LogP contribution in [0.2, 0.25) is 0 Å². The van der Waals surface area contributed by atoms with Gasteiger partial charge in [0.15, 0.2) is 0 Å². The van der Waals surface area contributed by atoms with Crippen molar-refractivity contribution in [3.05, 3.63) is 29.3 Å². The zero-order valence-corrected chi connectivity index (χ0v) is 14.4. The summed E-state index contributed by atoms with van der Waals surface area (Å²) in [6.45, 7) is 0. The minimum absolute atomic E-state index is 0.204. The number of rotatable bonds is 4. The smallest absolute Gasteiger partial charge is 0.231 e. The molecule has 1 fully saturated rings. The average molecular weight is 350 g/mol. The molecule has 114 valence electrons. The van der Waals surface area contributed by atoms with Crippen LogP contribution < -0.4 is 4.90 Å². The Balaban J connectivity index is 1.61. The fourth-order valence-corrected chi connectivity index (χ4v) is 4.26. The van der Waals surface area contributed by atoms with Gasteiger partial charge in [-0.2, -0.15) is 0 Å². The van der Waals surface area contributed by atoms with Crippen molar-refractivity contribution in [2.24, 2.45) is 5.92 Å². The normalized spacial score (nSPS) is 20.7. The number of alkyl halides is 1. The molecule has 1 amide bonds. The monoisotopic (exact) mass is 349 g/mol. The quantitative estimate of drug-likeness (QED) is 0.700. The van der Waals surface area contributed by atoms with E-state index in [-0.39, 0.29) is 5.91 Å². The highest BCUT2D eigenvalue weighted by Crippen LogP contribution is 2.37. The van der Waals surface area contributed by atoms with Crippen LogP contribution in [-0.4, -0.2) is 13.0 Å². The maximum atomic E-state index is 11.8. The zero-order chi connectivity index (χ0) is 14.8. The first-order valence-corrected chi connectivity index (χ1v) is 9.10. The maximum Gasteiger partial charge on any atom is 0.231 e. The van der Waals surface area contributed by atoms with E-state index in [2.05, 4.69) is 34.1 Å². The van der Waals surface area contributed by atoms with E-state index in [4.69, 9.17) is 0 Å². The van der Waals surface area contributed by atoms with Gasteiger partial charge < -0.3 is 4.90 Å². The van der Waals surface area contributed by atoms with Gasteiger partial charge in [0.2, 0.25) is 5.91 Å². The van der Waals surface area contributed by atoms with Crippen molar-refractivity contribution < 1.29 is 4.79 Å². The summed E-state index contributed by atoms with van der Waals surface area (Å²) in [6, 6.07) is 6.50. The molecule has 1 saturated carbocycles. The molecule has 0 N–H and O–H groups in total. The van der Waals surface area contributed by atoms with E-state index in [0.29, 0.717) is 11.2 Å². The van der Waals surface area contributed by atoms with E-state index in [1.165, 1.54) is 56.1 Å². The summed E-state index contributed by atoms with van der Waals surface area (Å²) in [4.78, 5) is 13.9. The summed E-state index contributed by atoms with van der Waals surface area (Å²) in [5, 5.41) is 0. The third-order valence-corrected chi connectivity index (χ3v) is 6.08. The van der Waals surface area contributed by atoms with Crippen LogP contribution in [0.4, 0.5) is 5.69 Å². The number of carbonyl (C=O) groups is 1. The standard InChI is InChI=1S/C18H24BrNO/c1-20-17-10-8-14(11-15(17)12-18(20)21)16(19)9-7-13-5-3-2-4-6-13/h8,10-11,13,16H,2-7,9,12H2,1H3. The van der Waals surface area contributed by atoms with Crippen LogP contribution in [0.3, 0.4) is 0 Å². The fraction of sp³-hybridized carbons (Fsp3) is 0.611. The van der Waals surface area contributed by atoms with Gasteiger partial charge in [0, 0.05) is 17.6 Å². The molecule has 1 unspecified atom stereocenters. The molecular formula is C18H24BrNO. The molecule has 0 saturated heterocycles. The summed E-state index contributed by atoms with van der Waals surface area (Å²) >= 11 is 3.85. The second-order valence-electron chi connectivity index (χ2n) is 6.57. The van der Waals surface area contributed by atoms with Crippen LogP contribution in [0.15, 0.2) is 18.2 Å². The lowest BCUT2D eigenvalue weighted by Gasteiger charge is -2.22. The van der Waals surface area contributed by atoms with Crippen LogP contribution >= 0.6 is 15.9 Å². The van der Waals surface area contributed by atoms with Gasteiger partial charge in [0.05, 0.1) is 6.42 Å². The van der Waals surface area contributed by atoms with Gasteiger partial charge in [-0.05, 0) is 36.0 Å². The van der Waals surface area contributed by atoms with E-state index in [0.717, 1.165) is 11.6 Å². The average Bonchev–Trinajstić information content (AvgIpc) is 2.80. The lowest BCUT2D eigenvalue weighted by Crippen LogP contribution is -2.20. The molecule has 21 heavy (non-hydrogen) atoms. The molecule has 0 spiro atoms. The van der Waals surface area contributed by atoms with E-state index in [1.54, 1.807) is 4.90 Å². The Hall–Kier alpha value is -0.830. The van der Waals surface area contributed by atoms with Crippen LogP contribution in [-0.2, 0) is 11.2 Å². The second-order valence-corrected chi connectivity index (χ2v) is 7.67. The molecule has 3 rings (SSSR count). The summed E-state index contributed by atoms with van der Waals surface area (Å²) in [6.07, 6.45) is 10.2. The van der Waals surface area contributed by atoms with Gasteiger partial charge in [0.1, 0.15) is 0 Å². The molecule has 3 heteroatoms. The number of benzene rings is 1. The maximum absolute atomic E-state index is 11.8. The first kappa shape index (κ1) is 15.1. The van der Waals surface area contributed by atoms with E-state index < -0.39 is 0 Å². The van der Waals surface area contributed by atoms with Crippen LogP contribution in [0, 0.1) is 5.92 Å². The molecule has 0 bridgehead atoms. The molecule has 1 aromatic rings. The minimum atomic E-state index is 0.204. The number of nitrogens with zero attached hydrogens (tertiary/aromatic N) is 1. The van der Waals surface area contributed by atoms with Crippen molar-refractivity contribution in [3.63, 3.8) is 0 Å². The second kappa shape index (κ2) is 6.51. The molecule has 1 heterocycles. The number of hydrogen-bond acceptors (Lipinski definition) is 1. The third kappa shape index (κ3) is 3.33. The predicted octanol–water partition coefficient (Wildman–Crippen LogP) is 5.00. The molecule has 1 aliphatic heterocycles. The number of anilines is 1. The van der Waals surface area contributed by atoms with Gasteiger partial charge in [-0.15, -0.1) is 0 Å². The van der Waals surface area contributed by atoms with Crippen LogP contribution in [0.25, 0.3) is 0 Å². The Labute approximate surface area is 136 Å². The topological polar surface area (TPSA) is 20.3 Å². The van der Waals surface area contributed by atoms with E-state index in [1.807, 2.05) is 7.05 Å². The lowest BCUT2D eigenvalue weighted by molar-refractivity contribution is -0.117. The zero-order valence-electron chi connectivity index (χ0n) is 12.8. The van der Waals surface area contributed by atoms with Gasteiger partial charge in [-0.25, -0.2) is 0 Å². The molecule has 2 nitrogen and oxygen atoms in total. The van der Waals surface area contributed by atoms with Gasteiger partial charge >= 0.3 is 0 Å². The first-order chi connectivity index (χ1) is 10.1. The third-order valence-electron chi connectivity index (χ3n) is 5.10. The molecule has 0 radical (unpaired) electrons. The molecule has 1 atom stereocenters. The molecule has 0 aromatic heterocycles. The lowest BCUT2D eigenvalue weighted by atomic mass is 9.85.